The Morgan fingerprint density at radius 1 is 1.45 bits per heavy atom. The van der Waals surface area contributed by atoms with Crippen molar-refractivity contribution in [1.29, 1.82) is 0 Å². The number of aromatic nitrogens is 2. The van der Waals surface area contributed by atoms with Crippen LogP contribution in [0.4, 0.5) is 0 Å². The summed E-state index contributed by atoms with van der Waals surface area (Å²) >= 11 is 3.19. The number of carbonyl (C=O) groups excluding carboxylic acids is 1. The van der Waals surface area contributed by atoms with Crippen LogP contribution in [-0.4, -0.2) is 56.6 Å². The van der Waals surface area contributed by atoms with Gasteiger partial charge in [0, 0.05) is 12.4 Å². The van der Waals surface area contributed by atoms with E-state index in [0.717, 1.165) is 0 Å². The number of ether oxygens (including phenoxy) is 1. The Balaban J connectivity index is 2.25. The maximum absolute atomic E-state index is 12.4. The van der Waals surface area contributed by atoms with E-state index >= 15 is 0 Å². The van der Waals surface area contributed by atoms with Crippen molar-refractivity contribution in [1.82, 2.24) is 14.9 Å². The third kappa shape index (κ3) is 2.96. The summed E-state index contributed by atoms with van der Waals surface area (Å²) < 4.78 is 5.91. The van der Waals surface area contributed by atoms with Crippen molar-refractivity contribution in [3.8, 4) is 0 Å². The van der Waals surface area contributed by atoms with Gasteiger partial charge in [-0.25, -0.2) is 14.8 Å². The van der Waals surface area contributed by atoms with Crippen molar-refractivity contribution in [3.63, 3.8) is 0 Å². The third-order valence-corrected chi connectivity index (χ3v) is 3.46. The second kappa shape index (κ2) is 5.45. The van der Waals surface area contributed by atoms with Gasteiger partial charge < -0.3 is 14.7 Å². The molecule has 1 aromatic heterocycles. The number of carbonyl (C=O) groups is 2. The molecule has 1 aliphatic heterocycles. The van der Waals surface area contributed by atoms with Crippen LogP contribution in [0.5, 0.6) is 0 Å². The lowest BCUT2D eigenvalue weighted by Crippen LogP contribution is -2.60. The van der Waals surface area contributed by atoms with Crippen LogP contribution in [0.2, 0.25) is 0 Å². The van der Waals surface area contributed by atoms with Gasteiger partial charge in [-0.1, -0.05) is 0 Å². The van der Waals surface area contributed by atoms with Crippen LogP contribution < -0.4 is 0 Å². The van der Waals surface area contributed by atoms with Crippen LogP contribution in [-0.2, 0) is 9.53 Å². The van der Waals surface area contributed by atoms with Gasteiger partial charge in [0.1, 0.15) is 0 Å². The highest BCUT2D eigenvalue weighted by Crippen LogP contribution is 2.23. The minimum Gasteiger partial charge on any atom is -0.479 e. The van der Waals surface area contributed by atoms with Gasteiger partial charge in [-0.3, -0.25) is 4.79 Å². The number of morpholine rings is 1. The molecule has 0 saturated carbocycles. The van der Waals surface area contributed by atoms with Crippen LogP contribution in [0.3, 0.4) is 0 Å². The smallest absolute Gasteiger partial charge is 0.334 e. The van der Waals surface area contributed by atoms with Crippen LogP contribution in [0, 0.1) is 0 Å². The van der Waals surface area contributed by atoms with E-state index < -0.39 is 23.5 Å². The zero-order valence-electron chi connectivity index (χ0n) is 11.0. The molecule has 0 aromatic carbocycles. The molecule has 1 amide bonds. The predicted molar refractivity (Wildman–Crippen MR) is 72.2 cm³/mol. The number of carboxylic acids is 1. The van der Waals surface area contributed by atoms with Crippen molar-refractivity contribution >= 4 is 27.8 Å². The lowest BCUT2D eigenvalue weighted by Gasteiger charge is -2.43. The van der Waals surface area contributed by atoms with Crippen molar-refractivity contribution in [2.75, 3.05) is 13.2 Å². The zero-order chi connectivity index (χ0) is 14.9. The van der Waals surface area contributed by atoms with E-state index in [9.17, 15) is 9.59 Å². The fourth-order valence-corrected chi connectivity index (χ4v) is 2.10. The molecule has 1 fully saturated rings. The number of nitrogens with zero attached hydrogens (tertiary/aromatic N) is 3. The average Bonchev–Trinajstić information content (AvgIpc) is 2.38. The number of hydrogen-bond donors (Lipinski definition) is 1. The molecule has 0 aliphatic carbocycles. The summed E-state index contributed by atoms with van der Waals surface area (Å²) in [6.45, 7) is 3.73. The van der Waals surface area contributed by atoms with Gasteiger partial charge in [-0.05, 0) is 29.8 Å². The van der Waals surface area contributed by atoms with Gasteiger partial charge in [-0.15, -0.1) is 0 Å². The van der Waals surface area contributed by atoms with Gasteiger partial charge in [0.25, 0.3) is 5.91 Å². The van der Waals surface area contributed by atoms with Gasteiger partial charge in [0.15, 0.2) is 6.10 Å². The van der Waals surface area contributed by atoms with Crippen LogP contribution in [0.15, 0.2) is 16.9 Å². The molecular weight excluding hydrogens is 330 g/mol. The number of halogens is 1. The summed E-state index contributed by atoms with van der Waals surface area (Å²) in [5.41, 5.74) is -0.612. The molecule has 1 unspecified atom stereocenters. The lowest BCUT2D eigenvalue weighted by atomic mass is 10.0. The molecule has 0 bridgehead atoms. The molecule has 2 rings (SSSR count). The summed E-state index contributed by atoms with van der Waals surface area (Å²) in [6.07, 6.45) is 1.92. The molecule has 0 radical (unpaired) electrons. The Morgan fingerprint density at radius 2 is 2.05 bits per heavy atom. The van der Waals surface area contributed by atoms with Crippen molar-refractivity contribution in [2.24, 2.45) is 0 Å². The Bertz CT molecular complexity index is 532. The van der Waals surface area contributed by atoms with Gasteiger partial charge in [0.05, 0.1) is 23.2 Å². The van der Waals surface area contributed by atoms with E-state index in [1.807, 2.05) is 13.8 Å². The summed E-state index contributed by atoms with van der Waals surface area (Å²) in [5, 5.41) is 9.01. The fourth-order valence-electron chi connectivity index (χ4n) is 1.90. The molecule has 1 atom stereocenters. The lowest BCUT2D eigenvalue weighted by molar-refractivity contribution is -0.161. The SMILES string of the molecule is CC1(C)COC(C(=O)O)CN1C(=O)c1ncc(Br)cn1. The van der Waals surface area contributed by atoms with E-state index in [2.05, 4.69) is 25.9 Å². The fraction of sp³-hybridized carbons (Fsp3) is 0.500. The molecular formula is C12H14BrN3O4. The first-order valence-corrected chi connectivity index (χ1v) is 6.74. The van der Waals surface area contributed by atoms with Gasteiger partial charge in [-0.2, -0.15) is 0 Å². The Kier molecular flexibility index (Phi) is 4.05. The molecule has 1 aliphatic rings. The average molecular weight is 344 g/mol. The van der Waals surface area contributed by atoms with Crippen molar-refractivity contribution in [3.05, 3.63) is 22.7 Å². The van der Waals surface area contributed by atoms with Crippen molar-refractivity contribution < 1.29 is 19.4 Å². The Hall–Kier alpha value is -1.54. The Labute approximate surface area is 124 Å². The molecule has 8 heteroatoms. The second-order valence-corrected chi connectivity index (χ2v) is 6.01. The van der Waals surface area contributed by atoms with Crippen molar-refractivity contribution in [2.45, 2.75) is 25.5 Å². The number of rotatable bonds is 2. The summed E-state index contributed by atoms with van der Waals surface area (Å²) in [7, 11) is 0. The highest BCUT2D eigenvalue weighted by atomic mass is 79.9. The largest absolute Gasteiger partial charge is 0.479 e. The minimum absolute atomic E-state index is 0.0272. The number of amides is 1. The Morgan fingerprint density at radius 3 is 2.60 bits per heavy atom. The van der Waals surface area contributed by atoms with E-state index in [4.69, 9.17) is 9.84 Å². The molecule has 1 saturated heterocycles. The third-order valence-electron chi connectivity index (χ3n) is 3.05. The first-order valence-electron chi connectivity index (χ1n) is 5.95. The summed E-state index contributed by atoms with van der Waals surface area (Å²) in [5.74, 6) is -1.46. The predicted octanol–water partition coefficient (Wildman–Crippen LogP) is 0.943. The zero-order valence-corrected chi connectivity index (χ0v) is 12.6. The molecule has 1 aromatic rings. The van der Waals surface area contributed by atoms with E-state index in [0.29, 0.717) is 4.47 Å². The number of hydrogen-bond acceptors (Lipinski definition) is 5. The highest BCUT2D eigenvalue weighted by Gasteiger charge is 2.41. The van der Waals surface area contributed by atoms with Gasteiger partial charge >= 0.3 is 5.97 Å². The van der Waals surface area contributed by atoms with Gasteiger partial charge in [0.2, 0.25) is 5.82 Å². The van der Waals surface area contributed by atoms with Crippen LogP contribution in [0.1, 0.15) is 24.5 Å². The molecule has 0 spiro atoms. The quantitative estimate of drug-likeness (QED) is 0.859. The normalized spacial score (nSPS) is 21.6. The van der Waals surface area contributed by atoms with E-state index in [1.165, 1.54) is 17.3 Å². The first kappa shape index (κ1) is 14.9. The molecule has 2 heterocycles. The first-order chi connectivity index (χ1) is 9.31. The topological polar surface area (TPSA) is 92.6 Å². The minimum atomic E-state index is -1.09. The number of carboxylic acid groups (broad SMARTS) is 1. The summed E-state index contributed by atoms with van der Waals surface area (Å²) in [6, 6.07) is 0. The monoisotopic (exact) mass is 343 g/mol. The maximum atomic E-state index is 12.4. The molecule has 7 nitrogen and oxygen atoms in total. The maximum Gasteiger partial charge on any atom is 0.334 e. The second-order valence-electron chi connectivity index (χ2n) is 5.09. The summed E-state index contributed by atoms with van der Waals surface area (Å²) in [4.78, 5) is 32.8. The molecule has 108 valence electrons. The van der Waals surface area contributed by atoms with E-state index in [1.54, 1.807) is 0 Å². The number of aliphatic carboxylic acids is 1. The van der Waals surface area contributed by atoms with Crippen LogP contribution in [0.25, 0.3) is 0 Å². The highest BCUT2D eigenvalue weighted by molar-refractivity contribution is 9.10. The van der Waals surface area contributed by atoms with E-state index in [-0.39, 0.29) is 19.0 Å². The molecule has 1 N–H and O–H groups in total. The standard InChI is InChI=1S/C12H14BrN3O4/c1-12(2)6-20-8(11(18)19)5-16(12)10(17)9-14-3-7(13)4-15-9/h3-4,8H,5-6H2,1-2H3,(H,18,19). The molecule has 20 heavy (non-hydrogen) atoms. The van der Waals surface area contributed by atoms with Crippen LogP contribution >= 0.6 is 15.9 Å².